The van der Waals surface area contributed by atoms with E-state index in [1.54, 1.807) is 0 Å². The van der Waals surface area contributed by atoms with Crippen LogP contribution in [0.4, 0.5) is 0 Å². The molecule has 0 aromatic carbocycles. The molecular weight excluding hydrogens is 132 g/mol. The van der Waals surface area contributed by atoms with E-state index >= 15 is 0 Å². The van der Waals surface area contributed by atoms with Crippen LogP contribution in [0.2, 0.25) is 0 Å². The Hall–Kier alpha value is 0. The summed E-state index contributed by atoms with van der Waals surface area (Å²) in [6.07, 6.45) is 5.83. The quantitative estimate of drug-likeness (QED) is 0.579. The largest absolute Gasteiger partial charge is 0.0628 e. The van der Waals surface area contributed by atoms with E-state index < -0.39 is 0 Å². The van der Waals surface area contributed by atoms with Gasteiger partial charge in [0.25, 0.3) is 0 Å². The van der Waals surface area contributed by atoms with Crippen molar-refractivity contribution in [1.29, 1.82) is 0 Å². The molecule has 1 saturated carbocycles. The highest BCUT2D eigenvalue weighted by molar-refractivity contribution is 4.88. The summed E-state index contributed by atoms with van der Waals surface area (Å²) in [5.41, 5.74) is 0.675. The van der Waals surface area contributed by atoms with E-state index in [-0.39, 0.29) is 0 Å². The number of hydrogen-bond donors (Lipinski definition) is 0. The normalized spacial score (nSPS) is 28.6. The summed E-state index contributed by atoms with van der Waals surface area (Å²) in [6.45, 7) is 9.49. The lowest BCUT2D eigenvalue weighted by Gasteiger charge is -2.45. The molecule has 11 heavy (non-hydrogen) atoms. The Kier molecular flexibility index (Phi) is 2.61. The number of rotatable bonds is 3. The first-order chi connectivity index (χ1) is 5.02. The fourth-order valence-electron chi connectivity index (χ4n) is 2.00. The van der Waals surface area contributed by atoms with E-state index in [2.05, 4.69) is 27.7 Å². The van der Waals surface area contributed by atoms with E-state index in [1.807, 2.05) is 0 Å². The summed E-state index contributed by atoms with van der Waals surface area (Å²) >= 11 is 0. The van der Waals surface area contributed by atoms with Crippen LogP contribution in [0.15, 0.2) is 0 Å². The summed E-state index contributed by atoms with van der Waals surface area (Å²) < 4.78 is 0. The van der Waals surface area contributed by atoms with Gasteiger partial charge in [-0.3, -0.25) is 0 Å². The first-order valence-electron chi connectivity index (χ1n) is 5.02. The van der Waals surface area contributed by atoms with Crippen molar-refractivity contribution in [3.8, 4) is 0 Å². The highest BCUT2D eigenvalue weighted by Crippen LogP contribution is 2.48. The van der Waals surface area contributed by atoms with Gasteiger partial charge in [-0.15, -0.1) is 0 Å². The predicted octanol–water partition coefficient (Wildman–Crippen LogP) is 3.86. The topological polar surface area (TPSA) is 0 Å². The zero-order chi connectivity index (χ0) is 8.48. The van der Waals surface area contributed by atoms with Crippen LogP contribution in [-0.2, 0) is 0 Å². The van der Waals surface area contributed by atoms with Crippen LogP contribution in [-0.4, -0.2) is 0 Å². The van der Waals surface area contributed by atoms with Gasteiger partial charge in [0.1, 0.15) is 0 Å². The number of hydrogen-bond acceptors (Lipinski definition) is 0. The molecule has 1 unspecified atom stereocenters. The maximum absolute atomic E-state index is 2.42. The van der Waals surface area contributed by atoms with E-state index in [9.17, 15) is 0 Å². The van der Waals surface area contributed by atoms with Gasteiger partial charge < -0.3 is 0 Å². The van der Waals surface area contributed by atoms with Crippen LogP contribution in [0.3, 0.4) is 0 Å². The standard InChI is InChI=1S/C11H22/c1-9(2)5-6-10-7-8-11(10,3)4/h9-10H,5-8H2,1-4H3. The van der Waals surface area contributed by atoms with Crippen LogP contribution in [0.25, 0.3) is 0 Å². The summed E-state index contributed by atoms with van der Waals surface area (Å²) in [4.78, 5) is 0. The van der Waals surface area contributed by atoms with Crippen molar-refractivity contribution in [2.45, 2.75) is 53.4 Å². The van der Waals surface area contributed by atoms with Gasteiger partial charge >= 0.3 is 0 Å². The minimum absolute atomic E-state index is 0.675. The van der Waals surface area contributed by atoms with Gasteiger partial charge in [0.2, 0.25) is 0 Å². The van der Waals surface area contributed by atoms with E-state index in [0.717, 1.165) is 11.8 Å². The molecule has 0 aliphatic heterocycles. The Morgan fingerprint density at radius 1 is 1.36 bits per heavy atom. The van der Waals surface area contributed by atoms with Crippen molar-refractivity contribution in [2.24, 2.45) is 17.3 Å². The second kappa shape index (κ2) is 3.16. The van der Waals surface area contributed by atoms with E-state index in [0.29, 0.717) is 5.41 Å². The van der Waals surface area contributed by atoms with Crippen molar-refractivity contribution >= 4 is 0 Å². The molecule has 0 bridgehead atoms. The molecule has 0 spiro atoms. The maximum Gasteiger partial charge on any atom is -0.0326 e. The van der Waals surface area contributed by atoms with Gasteiger partial charge in [0.05, 0.1) is 0 Å². The summed E-state index contributed by atoms with van der Waals surface area (Å²) in [5, 5.41) is 0. The molecular formula is C11H22. The molecule has 0 heterocycles. The van der Waals surface area contributed by atoms with Crippen molar-refractivity contribution in [2.75, 3.05) is 0 Å². The molecule has 0 aromatic rings. The molecule has 0 amide bonds. The summed E-state index contributed by atoms with van der Waals surface area (Å²) in [6, 6.07) is 0. The van der Waals surface area contributed by atoms with Gasteiger partial charge in [-0.05, 0) is 36.5 Å². The third-order valence-corrected chi connectivity index (χ3v) is 3.33. The van der Waals surface area contributed by atoms with Gasteiger partial charge in [0, 0.05) is 0 Å². The highest BCUT2D eigenvalue weighted by atomic mass is 14.4. The third-order valence-electron chi connectivity index (χ3n) is 3.33. The Morgan fingerprint density at radius 3 is 2.27 bits per heavy atom. The Bertz CT molecular complexity index is 122. The lowest BCUT2D eigenvalue weighted by atomic mass is 9.61. The average molecular weight is 154 g/mol. The molecule has 1 fully saturated rings. The van der Waals surface area contributed by atoms with Gasteiger partial charge in [0.15, 0.2) is 0 Å². The molecule has 1 atom stereocenters. The molecule has 0 radical (unpaired) electrons. The Morgan fingerprint density at radius 2 is 2.00 bits per heavy atom. The minimum Gasteiger partial charge on any atom is -0.0628 e. The zero-order valence-corrected chi connectivity index (χ0v) is 8.48. The van der Waals surface area contributed by atoms with Crippen LogP contribution in [0, 0.1) is 17.3 Å². The molecule has 0 aromatic heterocycles. The smallest absolute Gasteiger partial charge is 0.0326 e. The second-order valence-electron chi connectivity index (χ2n) is 5.20. The predicted molar refractivity (Wildman–Crippen MR) is 50.6 cm³/mol. The van der Waals surface area contributed by atoms with Crippen LogP contribution in [0.1, 0.15) is 53.4 Å². The third kappa shape index (κ3) is 2.21. The van der Waals surface area contributed by atoms with Crippen molar-refractivity contribution in [1.82, 2.24) is 0 Å². The fourth-order valence-corrected chi connectivity index (χ4v) is 2.00. The first kappa shape index (κ1) is 9.09. The molecule has 1 aliphatic rings. The van der Waals surface area contributed by atoms with Crippen molar-refractivity contribution in [3.63, 3.8) is 0 Å². The lowest BCUT2D eigenvalue weighted by Crippen LogP contribution is -2.34. The van der Waals surface area contributed by atoms with E-state index in [1.165, 1.54) is 25.7 Å². The molecule has 1 aliphatic carbocycles. The molecule has 0 nitrogen and oxygen atoms in total. The second-order valence-corrected chi connectivity index (χ2v) is 5.20. The molecule has 1 rings (SSSR count). The first-order valence-corrected chi connectivity index (χ1v) is 5.02. The zero-order valence-electron chi connectivity index (χ0n) is 8.48. The SMILES string of the molecule is CC(C)CCC1CCC1(C)C. The van der Waals surface area contributed by atoms with Crippen LogP contribution in [0.5, 0.6) is 0 Å². The van der Waals surface area contributed by atoms with Gasteiger partial charge in [-0.1, -0.05) is 34.1 Å². The average Bonchev–Trinajstić information content (AvgIpc) is 1.85. The van der Waals surface area contributed by atoms with E-state index in [4.69, 9.17) is 0 Å². The van der Waals surface area contributed by atoms with Crippen molar-refractivity contribution in [3.05, 3.63) is 0 Å². The molecule has 66 valence electrons. The van der Waals surface area contributed by atoms with Crippen LogP contribution < -0.4 is 0 Å². The Balaban J connectivity index is 2.18. The molecule has 0 heteroatoms. The Labute approximate surface area is 71.4 Å². The lowest BCUT2D eigenvalue weighted by molar-refractivity contribution is 0.0599. The van der Waals surface area contributed by atoms with Crippen molar-refractivity contribution < 1.29 is 0 Å². The molecule has 0 saturated heterocycles. The monoisotopic (exact) mass is 154 g/mol. The maximum atomic E-state index is 2.42. The summed E-state index contributed by atoms with van der Waals surface area (Å²) in [7, 11) is 0. The fraction of sp³-hybridized carbons (Fsp3) is 1.00. The molecule has 0 N–H and O–H groups in total. The highest BCUT2D eigenvalue weighted by Gasteiger charge is 2.37. The van der Waals surface area contributed by atoms with Gasteiger partial charge in [-0.25, -0.2) is 0 Å². The van der Waals surface area contributed by atoms with Crippen LogP contribution >= 0.6 is 0 Å². The van der Waals surface area contributed by atoms with Gasteiger partial charge in [-0.2, -0.15) is 0 Å². The summed E-state index contributed by atoms with van der Waals surface area (Å²) in [5.74, 6) is 1.93. The minimum atomic E-state index is 0.675.